The molecule has 0 bridgehead atoms. The number of nitrogens with one attached hydrogen (secondary N) is 1. The zero-order valence-electron chi connectivity index (χ0n) is 16.7. The van der Waals surface area contributed by atoms with Crippen molar-refractivity contribution < 1.29 is 14.7 Å². The molecule has 0 spiro atoms. The van der Waals surface area contributed by atoms with Gasteiger partial charge in [0.1, 0.15) is 0 Å². The summed E-state index contributed by atoms with van der Waals surface area (Å²) in [6.07, 6.45) is 6.23. The topological polar surface area (TPSA) is 105 Å². The number of aromatic nitrogens is 4. The molecule has 0 saturated carbocycles. The molecule has 0 aromatic carbocycles. The molecule has 0 aliphatic carbocycles. The van der Waals surface area contributed by atoms with E-state index in [0.717, 1.165) is 5.69 Å². The van der Waals surface area contributed by atoms with E-state index in [9.17, 15) is 14.7 Å². The van der Waals surface area contributed by atoms with Crippen LogP contribution in [0.5, 0.6) is 0 Å². The zero-order chi connectivity index (χ0) is 20.3. The highest BCUT2D eigenvalue weighted by molar-refractivity contribution is 5.95. The molecule has 9 nitrogen and oxygen atoms in total. The summed E-state index contributed by atoms with van der Waals surface area (Å²) in [7, 11) is 1.86. The minimum Gasteiger partial charge on any atom is -0.388 e. The van der Waals surface area contributed by atoms with Crippen LogP contribution in [0.3, 0.4) is 0 Å². The summed E-state index contributed by atoms with van der Waals surface area (Å²) in [6.45, 7) is 5.54. The number of nitrogens with zero attached hydrogens (tertiary/aromatic N) is 5. The summed E-state index contributed by atoms with van der Waals surface area (Å²) >= 11 is 0. The standard InChI is InChI=1S/C19H28N6O3/c1-4-25-11-16(14(2)22-25)18(27)21-12-19(28)5-7-24(8-6-19)17(26)9-15-10-20-13-23(15)3/h10-11,13,28H,4-9,12H2,1-3H3,(H,21,27). The van der Waals surface area contributed by atoms with Gasteiger partial charge in [0, 0.05) is 51.3 Å². The molecular weight excluding hydrogens is 360 g/mol. The lowest BCUT2D eigenvalue weighted by atomic mass is 9.91. The van der Waals surface area contributed by atoms with Gasteiger partial charge in [-0.1, -0.05) is 0 Å². The van der Waals surface area contributed by atoms with Gasteiger partial charge in [-0.3, -0.25) is 14.3 Å². The molecule has 0 radical (unpaired) electrons. The van der Waals surface area contributed by atoms with Gasteiger partial charge in [0.2, 0.25) is 5.91 Å². The minimum atomic E-state index is -1.01. The summed E-state index contributed by atoms with van der Waals surface area (Å²) < 4.78 is 3.54. The predicted molar refractivity (Wildman–Crippen MR) is 103 cm³/mol. The van der Waals surface area contributed by atoms with Crippen LogP contribution in [-0.4, -0.2) is 66.4 Å². The molecule has 1 aliphatic rings. The van der Waals surface area contributed by atoms with Crippen LogP contribution in [0.1, 0.15) is 41.5 Å². The molecule has 1 aliphatic heterocycles. The fraction of sp³-hybridized carbons (Fsp3) is 0.579. The number of likely N-dealkylation sites (tertiary alicyclic amines) is 1. The Kier molecular flexibility index (Phi) is 5.83. The van der Waals surface area contributed by atoms with E-state index in [0.29, 0.717) is 50.2 Å². The van der Waals surface area contributed by atoms with Gasteiger partial charge in [-0.25, -0.2) is 4.98 Å². The number of amides is 2. The molecule has 2 N–H and O–H groups in total. The molecule has 1 saturated heterocycles. The Morgan fingerprint density at radius 2 is 2.04 bits per heavy atom. The number of carbonyl (C=O) groups is 2. The average Bonchev–Trinajstić information content (AvgIpc) is 3.25. The fourth-order valence-electron chi connectivity index (χ4n) is 3.41. The number of hydrogen-bond donors (Lipinski definition) is 2. The Bertz CT molecular complexity index is 848. The summed E-state index contributed by atoms with van der Waals surface area (Å²) in [5.74, 6) is -0.211. The Hall–Kier alpha value is -2.68. The first kappa shape index (κ1) is 20.1. The number of aryl methyl sites for hydroxylation is 3. The zero-order valence-corrected chi connectivity index (χ0v) is 16.7. The number of carbonyl (C=O) groups excluding carboxylic acids is 2. The smallest absolute Gasteiger partial charge is 0.254 e. The minimum absolute atomic E-state index is 0.0253. The van der Waals surface area contributed by atoms with Crippen molar-refractivity contribution in [2.45, 2.75) is 45.3 Å². The van der Waals surface area contributed by atoms with E-state index in [4.69, 9.17) is 0 Å². The molecule has 0 atom stereocenters. The Morgan fingerprint density at radius 1 is 1.32 bits per heavy atom. The maximum atomic E-state index is 12.5. The monoisotopic (exact) mass is 388 g/mol. The molecule has 1 fully saturated rings. The Morgan fingerprint density at radius 3 is 2.61 bits per heavy atom. The van der Waals surface area contributed by atoms with Crippen molar-refractivity contribution in [3.05, 3.63) is 35.7 Å². The van der Waals surface area contributed by atoms with E-state index in [1.165, 1.54) is 0 Å². The maximum Gasteiger partial charge on any atom is 0.254 e. The van der Waals surface area contributed by atoms with Gasteiger partial charge in [-0.05, 0) is 26.7 Å². The first-order chi connectivity index (χ1) is 13.3. The van der Waals surface area contributed by atoms with E-state index < -0.39 is 5.60 Å². The van der Waals surface area contributed by atoms with Crippen LogP contribution in [-0.2, 0) is 24.8 Å². The van der Waals surface area contributed by atoms with Crippen molar-refractivity contribution in [1.29, 1.82) is 0 Å². The summed E-state index contributed by atoms with van der Waals surface area (Å²) in [5.41, 5.74) is 1.05. The van der Waals surface area contributed by atoms with Crippen molar-refractivity contribution >= 4 is 11.8 Å². The van der Waals surface area contributed by atoms with Crippen LogP contribution >= 0.6 is 0 Å². The van der Waals surface area contributed by atoms with E-state index in [1.807, 2.05) is 18.5 Å². The van der Waals surface area contributed by atoms with Crippen molar-refractivity contribution in [2.24, 2.45) is 7.05 Å². The normalized spacial score (nSPS) is 16.2. The van der Waals surface area contributed by atoms with Gasteiger partial charge in [0.05, 0.1) is 29.6 Å². The first-order valence-electron chi connectivity index (χ1n) is 9.59. The molecule has 152 valence electrons. The van der Waals surface area contributed by atoms with E-state index in [-0.39, 0.29) is 18.4 Å². The van der Waals surface area contributed by atoms with Crippen molar-refractivity contribution in [2.75, 3.05) is 19.6 Å². The van der Waals surface area contributed by atoms with E-state index >= 15 is 0 Å². The SMILES string of the molecule is CCn1cc(C(=O)NCC2(O)CCN(C(=O)Cc3cncn3C)CC2)c(C)n1. The van der Waals surface area contributed by atoms with Crippen LogP contribution < -0.4 is 5.32 Å². The fourth-order valence-corrected chi connectivity index (χ4v) is 3.41. The van der Waals surface area contributed by atoms with Crippen molar-refractivity contribution in [3.8, 4) is 0 Å². The third-order valence-corrected chi connectivity index (χ3v) is 5.39. The Balaban J connectivity index is 1.50. The summed E-state index contributed by atoms with van der Waals surface area (Å²) in [5, 5.41) is 17.9. The van der Waals surface area contributed by atoms with Gasteiger partial charge in [0.15, 0.2) is 0 Å². The highest BCUT2D eigenvalue weighted by atomic mass is 16.3. The molecular formula is C19H28N6O3. The van der Waals surface area contributed by atoms with Crippen LogP contribution in [0.2, 0.25) is 0 Å². The molecule has 2 aromatic rings. The quantitative estimate of drug-likeness (QED) is 0.739. The molecule has 9 heteroatoms. The third kappa shape index (κ3) is 4.41. The molecule has 28 heavy (non-hydrogen) atoms. The van der Waals surface area contributed by atoms with Gasteiger partial charge in [-0.15, -0.1) is 0 Å². The lowest BCUT2D eigenvalue weighted by Crippen LogP contribution is -2.52. The molecule has 0 unspecified atom stereocenters. The van der Waals surface area contributed by atoms with Crippen LogP contribution in [0.15, 0.2) is 18.7 Å². The van der Waals surface area contributed by atoms with Crippen LogP contribution in [0.4, 0.5) is 0 Å². The number of piperidine rings is 1. The predicted octanol–water partition coefficient (Wildman–Crippen LogP) is 0.271. The van der Waals surface area contributed by atoms with Crippen molar-refractivity contribution in [1.82, 2.24) is 29.5 Å². The van der Waals surface area contributed by atoms with Crippen molar-refractivity contribution in [3.63, 3.8) is 0 Å². The first-order valence-corrected chi connectivity index (χ1v) is 9.59. The molecule has 2 aromatic heterocycles. The highest BCUT2D eigenvalue weighted by Gasteiger charge is 2.34. The van der Waals surface area contributed by atoms with Crippen LogP contribution in [0, 0.1) is 6.92 Å². The Labute approximate surface area is 164 Å². The molecule has 3 heterocycles. The van der Waals surface area contributed by atoms with Gasteiger partial charge >= 0.3 is 0 Å². The average molecular weight is 388 g/mol. The second-order valence-corrected chi connectivity index (χ2v) is 7.44. The summed E-state index contributed by atoms with van der Waals surface area (Å²) in [4.78, 5) is 30.7. The maximum absolute atomic E-state index is 12.5. The van der Waals surface area contributed by atoms with Gasteiger partial charge < -0.3 is 19.9 Å². The summed E-state index contributed by atoms with van der Waals surface area (Å²) in [6, 6.07) is 0. The number of aliphatic hydroxyl groups is 1. The van der Waals surface area contributed by atoms with Crippen LogP contribution in [0.25, 0.3) is 0 Å². The van der Waals surface area contributed by atoms with Gasteiger partial charge in [0.25, 0.3) is 5.91 Å². The van der Waals surface area contributed by atoms with Gasteiger partial charge in [-0.2, -0.15) is 5.10 Å². The number of hydrogen-bond acceptors (Lipinski definition) is 5. The lowest BCUT2D eigenvalue weighted by molar-refractivity contribution is -0.134. The second kappa shape index (κ2) is 8.14. The lowest BCUT2D eigenvalue weighted by Gasteiger charge is -2.38. The molecule has 2 amide bonds. The number of imidazole rings is 1. The van der Waals surface area contributed by atoms with E-state index in [2.05, 4.69) is 15.4 Å². The largest absolute Gasteiger partial charge is 0.388 e. The third-order valence-electron chi connectivity index (χ3n) is 5.39. The number of rotatable bonds is 6. The molecule has 3 rings (SSSR count). The highest BCUT2D eigenvalue weighted by Crippen LogP contribution is 2.22. The van der Waals surface area contributed by atoms with E-state index in [1.54, 1.807) is 35.2 Å². The second-order valence-electron chi connectivity index (χ2n) is 7.44.